The second-order valence-corrected chi connectivity index (χ2v) is 6.66. The lowest BCUT2D eigenvalue weighted by Crippen LogP contribution is -2.60. The molecular weight excluding hydrogens is 256 g/mol. The fraction of sp³-hybridized carbons (Fsp3) is 0.818. The van der Waals surface area contributed by atoms with E-state index < -0.39 is 27.5 Å². The largest absolute Gasteiger partial charge is 0.345 e. The van der Waals surface area contributed by atoms with Crippen LogP contribution in [0.2, 0.25) is 0 Å². The van der Waals surface area contributed by atoms with Gasteiger partial charge in [0.25, 0.3) is 0 Å². The number of carbonyl (C=O) groups excluding carboxylic acids is 2. The minimum absolute atomic E-state index is 0.410. The Labute approximate surface area is 108 Å². The molecule has 18 heavy (non-hydrogen) atoms. The lowest BCUT2D eigenvalue weighted by molar-refractivity contribution is -0.130. The van der Waals surface area contributed by atoms with Crippen molar-refractivity contribution in [3.8, 4) is 0 Å². The molecule has 6 nitrogen and oxygen atoms in total. The van der Waals surface area contributed by atoms with Crippen molar-refractivity contribution >= 4 is 22.2 Å². The molecule has 0 aromatic heterocycles. The van der Waals surface area contributed by atoms with Gasteiger partial charge in [-0.2, -0.15) is 4.72 Å². The van der Waals surface area contributed by atoms with Gasteiger partial charge in [-0.15, -0.1) is 0 Å². The van der Waals surface area contributed by atoms with Crippen LogP contribution in [0.4, 0.5) is 0 Å². The van der Waals surface area contributed by atoms with Gasteiger partial charge in [0, 0.05) is 0 Å². The van der Waals surface area contributed by atoms with Gasteiger partial charge in [-0.1, -0.05) is 19.3 Å². The van der Waals surface area contributed by atoms with Crippen LogP contribution in [0, 0.1) is 0 Å². The number of amides is 1. The maximum atomic E-state index is 12.2. The minimum atomic E-state index is -3.47. The number of hydrogen-bond acceptors (Lipinski definition) is 4. The molecule has 0 saturated heterocycles. The van der Waals surface area contributed by atoms with Crippen LogP contribution < -0.4 is 10.0 Å². The average Bonchev–Trinajstić information content (AvgIpc) is 2.27. The highest BCUT2D eigenvalue weighted by atomic mass is 32.2. The molecule has 1 atom stereocenters. The molecule has 1 aliphatic carbocycles. The molecule has 1 fully saturated rings. The third-order valence-corrected chi connectivity index (χ3v) is 3.85. The van der Waals surface area contributed by atoms with Gasteiger partial charge in [-0.25, -0.2) is 8.42 Å². The van der Waals surface area contributed by atoms with Crippen LogP contribution in [0.15, 0.2) is 0 Å². The minimum Gasteiger partial charge on any atom is -0.345 e. The number of nitrogens with one attached hydrogen (secondary N) is 2. The fourth-order valence-corrected chi connectivity index (χ4v) is 3.27. The average molecular weight is 276 g/mol. The van der Waals surface area contributed by atoms with E-state index in [4.69, 9.17) is 0 Å². The first-order chi connectivity index (χ1) is 8.29. The summed E-state index contributed by atoms with van der Waals surface area (Å²) < 4.78 is 25.3. The van der Waals surface area contributed by atoms with Crippen molar-refractivity contribution in [3.05, 3.63) is 0 Å². The Morgan fingerprint density at radius 1 is 1.28 bits per heavy atom. The summed E-state index contributed by atoms with van der Waals surface area (Å²) >= 11 is 0. The van der Waals surface area contributed by atoms with Gasteiger partial charge in [0.2, 0.25) is 15.9 Å². The van der Waals surface area contributed by atoms with Crippen LogP contribution in [0.5, 0.6) is 0 Å². The van der Waals surface area contributed by atoms with Crippen molar-refractivity contribution in [2.75, 3.05) is 6.26 Å². The Morgan fingerprint density at radius 2 is 1.83 bits per heavy atom. The number of aldehydes is 1. The standard InChI is InChI=1S/C11H20N2O4S/c1-9(8-14)12-10(15)11(13-18(2,16)17)6-4-3-5-7-11/h8-9,13H,3-7H2,1-2H3,(H,12,15). The summed E-state index contributed by atoms with van der Waals surface area (Å²) in [5.74, 6) is -0.410. The number of sulfonamides is 1. The quantitative estimate of drug-likeness (QED) is 0.688. The molecule has 2 N–H and O–H groups in total. The molecule has 0 radical (unpaired) electrons. The molecule has 104 valence electrons. The second kappa shape index (κ2) is 5.79. The third-order valence-electron chi connectivity index (χ3n) is 3.09. The monoisotopic (exact) mass is 276 g/mol. The van der Waals surface area contributed by atoms with E-state index in [1.807, 2.05) is 0 Å². The summed E-state index contributed by atoms with van der Waals surface area (Å²) in [6, 6.07) is -0.613. The SMILES string of the molecule is CC(C=O)NC(=O)C1(NS(C)(=O)=O)CCCCC1. The first-order valence-electron chi connectivity index (χ1n) is 6.04. The van der Waals surface area contributed by atoms with Crippen molar-refractivity contribution in [3.63, 3.8) is 0 Å². The molecule has 0 bridgehead atoms. The van der Waals surface area contributed by atoms with Crippen molar-refractivity contribution in [1.29, 1.82) is 0 Å². The van der Waals surface area contributed by atoms with Crippen LogP contribution >= 0.6 is 0 Å². The summed E-state index contributed by atoms with van der Waals surface area (Å²) in [6.07, 6.45) is 5.18. The van der Waals surface area contributed by atoms with Crippen molar-refractivity contribution in [1.82, 2.24) is 10.0 Å². The number of carbonyl (C=O) groups is 2. The first kappa shape index (κ1) is 15.1. The van der Waals surface area contributed by atoms with E-state index in [1.165, 1.54) is 0 Å². The Balaban J connectivity index is 2.89. The highest BCUT2D eigenvalue weighted by Gasteiger charge is 2.42. The zero-order valence-corrected chi connectivity index (χ0v) is 11.5. The van der Waals surface area contributed by atoms with E-state index in [0.29, 0.717) is 19.1 Å². The van der Waals surface area contributed by atoms with Gasteiger partial charge in [0.15, 0.2) is 0 Å². The van der Waals surface area contributed by atoms with Gasteiger partial charge in [-0.3, -0.25) is 4.79 Å². The molecule has 1 amide bonds. The lowest BCUT2D eigenvalue weighted by atomic mass is 9.81. The van der Waals surface area contributed by atoms with E-state index in [2.05, 4.69) is 10.0 Å². The Morgan fingerprint density at radius 3 is 2.28 bits per heavy atom. The van der Waals surface area contributed by atoms with Crippen molar-refractivity contribution in [2.24, 2.45) is 0 Å². The summed E-state index contributed by atoms with van der Waals surface area (Å²) in [4.78, 5) is 22.7. The predicted octanol–water partition coefficient (Wildman–Crippen LogP) is -0.0579. The topological polar surface area (TPSA) is 92.3 Å². The predicted molar refractivity (Wildman–Crippen MR) is 67.5 cm³/mol. The van der Waals surface area contributed by atoms with Crippen LogP contribution in [0.1, 0.15) is 39.0 Å². The normalized spacial score (nSPS) is 21.0. The van der Waals surface area contributed by atoms with Crippen molar-refractivity contribution < 1.29 is 18.0 Å². The molecule has 0 aromatic carbocycles. The fourth-order valence-electron chi connectivity index (χ4n) is 2.26. The van der Waals surface area contributed by atoms with Gasteiger partial charge >= 0.3 is 0 Å². The van der Waals surface area contributed by atoms with E-state index in [1.54, 1.807) is 6.92 Å². The molecule has 1 saturated carbocycles. The number of hydrogen-bond donors (Lipinski definition) is 2. The van der Waals surface area contributed by atoms with E-state index in [-0.39, 0.29) is 0 Å². The highest BCUT2D eigenvalue weighted by Crippen LogP contribution is 2.29. The third kappa shape index (κ3) is 4.06. The van der Waals surface area contributed by atoms with E-state index in [0.717, 1.165) is 25.5 Å². The Kier molecular flexibility index (Phi) is 4.86. The summed E-state index contributed by atoms with van der Waals surface area (Å²) in [6.45, 7) is 1.56. The van der Waals surface area contributed by atoms with Gasteiger partial charge in [-0.05, 0) is 19.8 Å². The molecule has 0 aliphatic heterocycles. The maximum absolute atomic E-state index is 12.2. The second-order valence-electron chi connectivity index (χ2n) is 4.92. The highest BCUT2D eigenvalue weighted by molar-refractivity contribution is 7.88. The Hall–Kier alpha value is -0.950. The van der Waals surface area contributed by atoms with Crippen LogP contribution in [-0.4, -0.2) is 38.4 Å². The smallest absolute Gasteiger partial charge is 0.241 e. The summed E-state index contributed by atoms with van der Waals surface area (Å²) in [5, 5.41) is 2.53. The zero-order chi connectivity index (χ0) is 13.8. The molecule has 0 heterocycles. The first-order valence-corrected chi connectivity index (χ1v) is 7.93. The van der Waals surface area contributed by atoms with Gasteiger partial charge in [0.1, 0.15) is 11.8 Å². The van der Waals surface area contributed by atoms with Crippen LogP contribution in [-0.2, 0) is 19.6 Å². The lowest BCUT2D eigenvalue weighted by Gasteiger charge is -2.36. The molecule has 1 aliphatic rings. The maximum Gasteiger partial charge on any atom is 0.241 e. The van der Waals surface area contributed by atoms with Crippen LogP contribution in [0.25, 0.3) is 0 Å². The van der Waals surface area contributed by atoms with Crippen LogP contribution in [0.3, 0.4) is 0 Å². The summed E-state index contributed by atoms with van der Waals surface area (Å²) in [7, 11) is -3.47. The number of rotatable bonds is 5. The summed E-state index contributed by atoms with van der Waals surface area (Å²) in [5.41, 5.74) is -1.09. The van der Waals surface area contributed by atoms with Crippen molar-refractivity contribution in [2.45, 2.75) is 50.6 Å². The molecule has 1 unspecified atom stereocenters. The van der Waals surface area contributed by atoms with Gasteiger partial charge in [0.05, 0.1) is 12.3 Å². The van der Waals surface area contributed by atoms with Gasteiger partial charge < -0.3 is 10.1 Å². The molecule has 1 rings (SSSR count). The molecule has 0 aromatic rings. The Bertz CT molecular complexity index is 413. The zero-order valence-electron chi connectivity index (χ0n) is 10.7. The van der Waals surface area contributed by atoms with E-state index in [9.17, 15) is 18.0 Å². The molecular formula is C11H20N2O4S. The van der Waals surface area contributed by atoms with E-state index >= 15 is 0 Å². The molecule has 0 spiro atoms. The molecule has 7 heteroatoms.